The van der Waals surface area contributed by atoms with Crippen molar-refractivity contribution in [2.45, 2.75) is 11.4 Å². The van der Waals surface area contributed by atoms with Crippen LogP contribution in [0.5, 0.6) is 0 Å². The van der Waals surface area contributed by atoms with Gasteiger partial charge in [-0.2, -0.15) is 0 Å². The molecule has 0 unspecified atom stereocenters. The van der Waals surface area contributed by atoms with Gasteiger partial charge in [-0.1, -0.05) is 0 Å². The Hall–Kier alpha value is -2.34. The molecular weight excluding hydrogens is 272 g/mol. The van der Waals surface area contributed by atoms with Gasteiger partial charge in [0.25, 0.3) is 5.91 Å². The Labute approximate surface area is 120 Å². The van der Waals surface area contributed by atoms with E-state index in [1.54, 1.807) is 24.8 Å². The average molecular weight is 284 g/mol. The SMILES string of the molecule is O=C(NCc1ccncc1)c1ccc2c(c1)SNC=N2. The number of benzene rings is 1. The van der Waals surface area contributed by atoms with Crippen LogP contribution < -0.4 is 10.0 Å². The van der Waals surface area contributed by atoms with Gasteiger partial charge in [0.2, 0.25) is 0 Å². The topological polar surface area (TPSA) is 66.4 Å². The number of nitrogens with zero attached hydrogens (tertiary/aromatic N) is 2. The van der Waals surface area contributed by atoms with Gasteiger partial charge in [-0.3, -0.25) is 9.78 Å². The molecule has 1 amide bonds. The maximum Gasteiger partial charge on any atom is 0.251 e. The molecule has 1 aliphatic rings. The van der Waals surface area contributed by atoms with Crippen molar-refractivity contribution in [3.63, 3.8) is 0 Å². The standard InChI is InChI=1S/C14H12N4OS/c19-14(16-8-10-3-5-15-6-4-10)11-1-2-12-13(7-11)20-18-9-17-12/h1-7,9H,8H2,(H,16,19)(H,17,18). The number of hydrogen-bond acceptors (Lipinski definition) is 5. The van der Waals surface area contributed by atoms with Crippen molar-refractivity contribution in [2.24, 2.45) is 4.99 Å². The quantitative estimate of drug-likeness (QED) is 0.849. The highest BCUT2D eigenvalue weighted by molar-refractivity contribution is 7.98. The minimum Gasteiger partial charge on any atom is -0.348 e. The van der Waals surface area contributed by atoms with E-state index in [0.717, 1.165) is 16.1 Å². The molecule has 2 N–H and O–H groups in total. The zero-order valence-corrected chi connectivity index (χ0v) is 11.4. The molecule has 2 aromatic rings. The highest BCUT2D eigenvalue weighted by Crippen LogP contribution is 2.30. The highest BCUT2D eigenvalue weighted by Gasteiger charge is 2.11. The van der Waals surface area contributed by atoms with Crippen LogP contribution in [0.4, 0.5) is 5.69 Å². The van der Waals surface area contributed by atoms with Gasteiger partial charge in [0.05, 0.1) is 16.9 Å². The molecule has 0 fully saturated rings. The van der Waals surface area contributed by atoms with Crippen LogP contribution >= 0.6 is 11.9 Å². The summed E-state index contributed by atoms with van der Waals surface area (Å²) in [6.07, 6.45) is 5.05. The lowest BCUT2D eigenvalue weighted by Crippen LogP contribution is -2.22. The summed E-state index contributed by atoms with van der Waals surface area (Å²) < 4.78 is 2.95. The lowest BCUT2D eigenvalue weighted by Gasteiger charge is -2.11. The van der Waals surface area contributed by atoms with Crippen LogP contribution in [-0.4, -0.2) is 17.2 Å². The van der Waals surface area contributed by atoms with Gasteiger partial charge in [0.1, 0.15) is 0 Å². The van der Waals surface area contributed by atoms with Crippen molar-refractivity contribution in [3.05, 3.63) is 53.9 Å². The maximum absolute atomic E-state index is 12.1. The second-order valence-electron chi connectivity index (χ2n) is 4.20. The van der Waals surface area contributed by atoms with Crippen molar-refractivity contribution in [3.8, 4) is 0 Å². The van der Waals surface area contributed by atoms with Crippen LogP contribution in [0.2, 0.25) is 0 Å². The van der Waals surface area contributed by atoms with E-state index in [4.69, 9.17) is 0 Å². The first-order chi connectivity index (χ1) is 9.83. The van der Waals surface area contributed by atoms with E-state index in [2.05, 4.69) is 20.0 Å². The number of aromatic nitrogens is 1. The molecule has 1 aliphatic heterocycles. The van der Waals surface area contributed by atoms with E-state index in [1.165, 1.54) is 11.9 Å². The van der Waals surface area contributed by atoms with Gasteiger partial charge in [0, 0.05) is 24.5 Å². The molecule has 0 atom stereocenters. The molecule has 0 aliphatic carbocycles. The van der Waals surface area contributed by atoms with E-state index in [1.807, 2.05) is 24.3 Å². The summed E-state index contributed by atoms with van der Waals surface area (Å²) in [5.41, 5.74) is 2.52. The molecule has 100 valence electrons. The highest BCUT2D eigenvalue weighted by atomic mass is 32.2. The third kappa shape index (κ3) is 2.80. The molecule has 0 radical (unpaired) electrons. The molecule has 20 heavy (non-hydrogen) atoms. The molecule has 5 nitrogen and oxygen atoms in total. The van der Waals surface area contributed by atoms with Crippen LogP contribution in [-0.2, 0) is 6.54 Å². The van der Waals surface area contributed by atoms with Crippen molar-refractivity contribution in [2.75, 3.05) is 0 Å². The number of rotatable bonds is 3. The molecule has 0 bridgehead atoms. The average Bonchev–Trinajstić information content (AvgIpc) is 2.53. The monoisotopic (exact) mass is 284 g/mol. The fraction of sp³-hybridized carbons (Fsp3) is 0.0714. The summed E-state index contributed by atoms with van der Waals surface area (Å²) in [4.78, 5) is 21.2. The number of carbonyl (C=O) groups is 1. The molecule has 3 rings (SSSR count). The van der Waals surface area contributed by atoms with E-state index in [-0.39, 0.29) is 5.91 Å². The first-order valence-corrected chi connectivity index (χ1v) is 6.90. The molecular formula is C14H12N4OS. The minimum absolute atomic E-state index is 0.0974. The molecule has 0 saturated carbocycles. The Balaban J connectivity index is 1.70. The summed E-state index contributed by atoms with van der Waals surface area (Å²) in [7, 11) is 0. The van der Waals surface area contributed by atoms with Crippen LogP contribution in [0, 0.1) is 0 Å². The summed E-state index contributed by atoms with van der Waals surface area (Å²) in [5.74, 6) is -0.0974. The summed E-state index contributed by atoms with van der Waals surface area (Å²) in [5, 5.41) is 2.89. The Morgan fingerprint density at radius 2 is 2.10 bits per heavy atom. The number of nitrogens with one attached hydrogen (secondary N) is 2. The fourth-order valence-corrected chi connectivity index (χ4v) is 2.46. The number of amides is 1. The largest absolute Gasteiger partial charge is 0.348 e. The Morgan fingerprint density at radius 1 is 1.25 bits per heavy atom. The van der Waals surface area contributed by atoms with Crippen LogP contribution in [0.15, 0.2) is 52.6 Å². The van der Waals surface area contributed by atoms with E-state index < -0.39 is 0 Å². The molecule has 6 heteroatoms. The van der Waals surface area contributed by atoms with Crippen LogP contribution in [0.25, 0.3) is 0 Å². The van der Waals surface area contributed by atoms with Crippen LogP contribution in [0.3, 0.4) is 0 Å². The Kier molecular flexibility index (Phi) is 3.64. The number of pyridine rings is 1. The van der Waals surface area contributed by atoms with Gasteiger partial charge in [-0.05, 0) is 47.8 Å². The van der Waals surface area contributed by atoms with Crippen molar-refractivity contribution < 1.29 is 4.79 Å². The number of carbonyl (C=O) groups excluding carboxylic acids is 1. The maximum atomic E-state index is 12.1. The minimum atomic E-state index is -0.0974. The van der Waals surface area contributed by atoms with Gasteiger partial charge in [-0.25, -0.2) is 4.99 Å². The molecule has 0 saturated heterocycles. The zero-order valence-electron chi connectivity index (χ0n) is 10.5. The predicted molar refractivity (Wildman–Crippen MR) is 79.0 cm³/mol. The number of aliphatic imine (C=N–C) groups is 1. The van der Waals surface area contributed by atoms with Crippen molar-refractivity contribution >= 4 is 29.9 Å². The summed E-state index contributed by atoms with van der Waals surface area (Å²) >= 11 is 1.45. The van der Waals surface area contributed by atoms with E-state index in [0.29, 0.717) is 12.1 Å². The zero-order chi connectivity index (χ0) is 13.8. The number of hydrogen-bond donors (Lipinski definition) is 2. The lowest BCUT2D eigenvalue weighted by atomic mass is 10.2. The van der Waals surface area contributed by atoms with Gasteiger partial charge in [-0.15, -0.1) is 0 Å². The second kappa shape index (κ2) is 5.75. The van der Waals surface area contributed by atoms with Crippen molar-refractivity contribution in [1.29, 1.82) is 0 Å². The molecule has 2 heterocycles. The molecule has 1 aromatic carbocycles. The lowest BCUT2D eigenvalue weighted by molar-refractivity contribution is 0.0950. The third-order valence-corrected chi connectivity index (χ3v) is 3.62. The summed E-state index contributed by atoms with van der Waals surface area (Å²) in [6.45, 7) is 0.488. The van der Waals surface area contributed by atoms with Gasteiger partial charge >= 0.3 is 0 Å². The van der Waals surface area contributed by atoms with Crippen LogP contribution in [0.1, 0.15) is 15.9 Å². The predicted octanol–water partition coefficient (Wildman–Crippen LogP) is 2.28. The molecule has 1 aromatic heterocycles. The van der Waals surface area contributed by atoms with Gasteiger partial charge in [0.15, 0.2) is 0 Å². The normalized spacial score (nSPS) is 12.4. The molecule has 0 spiro atoms. The van der Waals surface area contributed by atoms with Crippen molar-refractivity contribution in [1.82, 2.24) is 15.0 Å². The number of fused-ring (bicyclic) bond motifs is 1. The summed E-state index contributed by atoms with van der Waals surface area (Å²) in [6, 6.07) is 9.22. The fourth-order valence-electron chi connectivity index (χ4n) is 1.81. The first kappa shape index (κ1) is 12.7. The third-order valence-electron chi connectivity index (χ3n) is 2.85. The van der Waals surface area contributed by atoms with Gasteiger partial charge < -0.3 is 10.0 Å². The second-order valence-corrected chi connectivity index (χ2v) is 5.08. The Morgan fingerprint density at radius 3 is 2.95 bits per heavy atom. The Bertz CT molecular complexity index is 657. The van der Waals surface area contributed by atoms with E-state index in [9.17, 15) is 4.79 Å². The smallest absolute Gasteiger partial charge is 0.251 e. The van der Waals surface area contributed by atoms with E-state index >= 15 is 0 Å². The first-order valence-electron chi connectivity index (χ1n) is 6.09.